The lowest BCUT2D eigenvalue weighted by molar-refractivity contribution is 0.0943. The second-order valence-corrected chi connectivity index (χ2v) is 8.27. The van der Waals surface area contributed by atoms with Crippen molar-refractivity contribution in [2.75, 3.05) is 19.6 Å². The van der Waals surface area contributed by atoms with Gasteiger partial charge in [-0.1, -0.05) is 39.2 Å². The molecule has 0 atom stereocenters. The summed E-state index contributed by atoms with van der Waals surface area (Å²) in [6.45, 7) is 5.11. The fourth-order valence-electron chi connectivity index (χ4n) is 3.24. The summed E-state index contributed by atoms with van der Waals surface area (Å²) in [5.41, 5.74) is 0.402. The van der Waals surface area contributed by atoms with Crippen molar-refractivity contribution in [2.24, 2.45) is 5.92 Å². The maximum atomic E-state index is 12.6. The summed E-state index contributed by atoms with van der Waals surface area (Å²) in [5.74, 6) is 0.350. The maximum absolute atomic E-state index is 12.6. The van der Waals surface area contributed by atoms with Crippen molar-refractivity contribution in [1.29, 1.82) is 0 Å². The molecule has 0 aliphatic heterocycles. The molecule has 6 heteroatoms. The molecule has 0 unspecified atom stereocenters. The van der Waals surface area contributed by atoms with Crippen molar-refractivity contribution in [3.05, 3.63) is 29.8 Å². The molecule has 0 aromatic heterocycles. The molecule has 1 aliphatic carbocycles. The van der Waals surface area contributed by atoms with E-state index in [0.717, 1.165) is 12.8 Å². The van der Waals surface area contributed by atoms with Gasteiger partial charge in [-0.05, 0) is 37.0 Å². The van der Waals surface area contributed by atoms with Gasteiger partial charge in [0.05, 0.1) is 4.90 Å². The number of rotatable bonds is 7. The van der Waals surface area contributed by atoms with Crippen LogP contribution in [-0.4, -0.2) is 38.3 Å². The quantitative estimate of drug-likeness (QED) is 0.820. The van der Waals surface area contributed by atoms with Crippen molar-refractivity contribution < 1.29 is 13.2 Å². The van der Waals surface area contributed by atoms with Gasteiger partial charge in [0.1, 0.15) is 0 Å². The highest BCUT2D eigenvalue weighted by atomic mass is 32.2. The highest BCUT2D eigenvalue weighted by Gasteiger charge is 2.22. The van der Waals surface area contributed by atoms with Crippen molar-refractivity contribution in [3.63, 3.8) is 0 Å². The van der Waals surface area contributed by atoms with Gasteiger partial charge in [0, 0.05) is 25.2 Å². The molecular weight excluding hydrogens is 324 g/mol. The molecule has 1 fully saturated rings. The van der Waals surface area contributed by atoms with E-state index in [1.54, 1.807) is 18.2 Å². The topological polar surface area (TPSA) is 66.5 Å². The lowest BCUT2D eigenvalue weighted by Gasteiger charge is -2.22. The van der Waals surface area contributed by atoms with Gasteiger partial charge in [-0.15, -0.1) is 0 Å². The number of amides is 1. The van der Waals surface area contributed by atoms with Gasteiger partial charge < -0.3 is 5.32 Å². The van der Waals surface area contributed by atoms with Gasteiger partial charge in [-0.25, -0.2) is 8.42 Å². The third-order valence-electron chi connectivity index (χ3n) is 4.72. The van der Waals surface area contributed by atoms with Crippen LogP contribution < -0.4 is 5.32 Å². The number of hydrogen-bond donors (Lipinski definition) is 1. The number of hydrogen-bond acceptors (Lipinski definition) is 3. The van der Waals surface area contributed by atoms with Crippen LogP contribution in [0.1, 0.15) is 56.3 Å². The maximum Gasteiger partial charge on any atom is 0.251 e. The first-order valence-electron chi connectivity index (χ1n) is 8.87. The van der Waals surface area contributed by atoms with Gasteiger partial charge in [0.2, 0.25) is 10.0 Å². The number of sulfonamides is 1. The molecule has 1 amide bonds. The van der Waals surface area contributed by atoms with Crippen LogP contribution in [0.15, 0.2) is 29.2 Å². The number of carbonyl (C=O) groups excluding carboxylic acids is 1. The zero-order valence-electron chi connectivity index (χ0n) is 14.6. The molecule has 1 saturated carbocycles. The van der Waals surface area contributed by atoms with E-state index in [4.69, 9.17) is 0 Å². The Morgan fingerprint density at radius 3 is 2.46 bits per heavy atom. The molecule has 1 aromatic carbocycles. The average molecular weight is 353 g/mol. The van der Waals surface area contributed by atoms with E-state index < -0.39 is 10.0 Å². The molecule has 0 radical (unpaired) electrons. The highest BCUT2D eigenvalue weighted by molar-refractivity contribution is 7.89. The summed E-state index contributed by atoms with van der Waals surface area (Å²) in [5, 5.41) is 2.96. The number of carbonyl (C=O) groups is 1. The molecule has 1 aliphatic rings. The van der Waals surface area contributed by atoms with Gasteiger partial charge in [0.15, 0.2) is 0 Å². The van der Waals surface area contributed by atoms with Crippen LogP contribution in [0.25, 0.3) is 0 Å². The Bertz CT molecular complexity index is 648. The van der Waals surface area contributed by atoms with Gasteiger partial charge in [0.25, 0.3) is 5.91 Å². The fourth-order valence-corrected chi connectivity index (χ4v) is 4.75. The van der Waals surface area contributed by atoms with Gasteiger partial charge in [-0.3, -0.25) is 4.79 Å². The predicted molar refractivity (Wildman–Crippen MR) is 95.5 cm³/mol. The normalized spacial score (nSPS) is 16.3. The summed E-state index contributed by atoms with van der Waals surface area (Å²) < 4.78 is 26.5. The van der Waals surface area contributed by atoms with Crippen molar-refractivity contribution in [3.8, 4) is 0 Å². The lowest BCUT2D eigenvalue weighted by atomic mass is 9.89. The summed E-state index contributed by atoms with van der Waals surface area (Å²) >= 11 is 0. The Hall–Kier alpha value is -1.40. The van der Waals surface area contributed by atoms with Crippen LogP contribution in [0.5, 0.6) is 0 Å². The Morgan fingerprint density at radius 1 is 1.17 bits per heavy atom. The number of benzene rings is 1. The average Bonchev–Trinajstić information content (AvgIpc) is 2.61. The van der Waals surface area contributed by atoms with Gasteiger partial charge >= 0.3 is 0 Å². The van der Waals surface area contributed by atoms with E-state index in [0.29, 0.717) is 31.1 Å². The Kier molecular flexibility index (Phi) is 6.80. The van der Waals surface area contributed by atoms with Crippen LogP contribution in [0.3, 0.4) is 0 Å². The molecule has 1 aromatic rings. The molecule has 5 nitrogen and oxygen atoms in total. The smallest absolute Gasteiger partial charge is 0.251 e. The highest BCUT2D eigenvalue weighted by Crippen LogP contribution is 2.23. The lowest BCUT2D eigenvalue weighted by Crippen LogP contribution is -2.32. The second kappa shape index (κ2) is 8.62. The van der Waals surface area contributed by atoms with Crippen molar-refractivity contribution in [1.82, 2.24) is 9.62 Å². The van der Waals surface area contributed by atoms with E-state index in [1.807, 2.05) is 13.8 Å². The van der Waals surface area contributed by atoms with E-state index in [9.17, 15) is 13.2 Å². The first kappa shape index (κ1) is 18.9. The molecule has 1 N–H and O–H groups in total. The summed E-state index contributed by atoms with van der Waals surface area (Å²) in [6, 6.07) is 6.32. The Morgan fingerprint density at radius 2 is 1.83 bits per heavy atom. The zero-order valence-corrected chi connectivity index (χ0v) is 15.4. The minimum Gasteiger partial charge on any atom is -0.352 e. The van der Waals surface area contributed by atoms with Crippen molar-refractivity contribution >= 4 is 15.9 Å². The van der Waals surface area contributed by atoms with E-state index >= 15 is 0 Å². The predicted octanol–water partition coefficient (Wildman–Crippen LogP) is 3.03. The number of nitrogens with zero attached hydrogens (tertiary/aromatic N) is 1. The minimum absolute atomic E-state index is 0.177. The van der Waals surface area contributed by atoms with Gasteiger partial charge in [-0.2, -0.15) is 4.31 Å². The van der Waals surface area contributed by atoms with Crippen molar-refractivity contribution in [2.45, 2.75) is 50.8 Å². The molecule has 134 valence electrons. The Labute approximate surface area is 145 Å². The minimum atomic E-state index is -3.54. The molecule has 24 heavy (non-hydrogen) atoms. The van der Waals surface area contributed by atoms with E-state index in [1.165, 1.54) is 29.6 Å². The van der Waals surface area contributed by atoms with Crippen LogP contribution in [0.4, 0.5) is 0 Å². The Balaban J connectivity index is 2.07. The molecule has 0 heterocycles. The first-order chi connectivity index (χ1) is 11.5. The molecule has 0 bridgehead atoms. The number of nitrogens with one attached hydrogen (secondary N) is 1. The summed E-state index contributed by atoms with van der Waals surface area (Å²) in [4.78, 5) is 12.5. The SMILES string of the molecule is CCN(CC)S(=O)(=O)c1cccc(C(=O)NCC2CCCCC2)c1. The third-order valence-corrected chi connectivity index (χ3v) is 6.76. The molecule has 2 rings (SSSR count). The fraction of sp³-hybridized carbons (Fsp3) is 0.611. The summed E-state index contributed by atoms with van der Waals surface area (Å²) in [7, 11) is -3.54. The van der Waals surface area contributed by atoms with Crippen LogP contribution in [0, 0.1) is 5.92 Å². The molecule has 0 saturated heterocycles. The van der Waals surface area contributed by atoms with Crippen LogP contribution in [-0.2, 0) is 10.0 Å². The van der Waals surface area contributed by atoms with E-state index in [2.05, 4.69) is 5.32 Å². The zero-order chi connectivity index (χ0) is 17.6. The van der Waals surface area contributed by atoms with Crippen LogP contribution in [0.2, 0.25) is 0 Å². The molecular formula is C18H28N2O3S. The standard InChI is InChI=1S/C18H28N2O3S/c1-3-20(4-2)24(22,23)17-12-8-11-16(13-17)18(21)19-14-15-9-6-5-7-10-15/h8,11-13,15H,3-7,9-10,14H2,1-2H3,(H,19,21). The first-order valence-corrected chi connectivity index (χ1v) is 10.3. The largest absolute Gasteiger partial charge is 0.352 e. The second-order valence-electron chi connectivity index (χ2n) is 6.33. The van der Waals surface area contributed by atoms with E-state index in [-0.39, 0.29) is 10.8 Å². The van der Waals surface area contributed by atoms with Crippen LogP contribution >= 0.6 is 0 Å². The monoisotopic (exact) mass is 352 g/mol. The summed E-state index contributed by atoms with van der Waals surface area (Å²) in [6.07, 6.45) is 6.08. The molecule has 0 spiro atoms. The third kappa shape index (κ3) is 4.57.